The zero-order valence-corrected chi connectivity index (χ0v) is 9.58. The van der Waals surface area contributed by atoms with Gasteiger partial charge in [0.15, 0.2) is 5.78 Å². The molecule has 0 saturated carbocycles. The Kier molecular flexibility index (Phi) is 3.15. The lowest BCUT2D eigenvalue weighted by molar-refractivity contribution is 0.0695. The highest BCUT2D eigenvalue weighted by atomic mass is 16.4. The van der Waals surface area contributed by atoms with Gasteiger partial charge in [-0.25, -0.2) is 4.79 Å². The molecule has 0 aliphatic carbocycles. The highest BCUT2D eigenvalue weighted by Gasteiger charge is 2.16. The average molecular weight is 259 g/mol. The first-order chi connectivity index (χ1) is 9.00. The summed E-state index contributed by atoms with van der Waals surface area (Å²) < 4.78 is 0. The summed E-state index contributed by atoms with van der Waals surface area (Å²) in [6.07, 6.45) is 1.11. The molecule has 1 aromatic carbocycles. The van der Waals surface area contributed by atoms with Gasteiger partial charge in [-0.2, -0.15) is 0 Å². The molecule has 1 aromatic heterocycles. The highest BCUT2D eigenvalue weighted by molar-refractivity contribution is 6.11. The quantitative estimate of drug-likeness (QED) is 0.713. The van der Waals surface area contributed by atoms with E-state index < -0.39 is 22.9 Å². The molecule has 0 unspecified atom stereocenters. The number of aromatic carboxylic acids is 1. The monoisotopic (exact) mass is 259 g/mol. The molecule has 96 valence electrons. The molecule has 0 atom stereocenters. The number of phenolic OH excluding ortho intramolecular Hbond substituents is 1. The zero-order valence-electron chi connectivity index (χ0n) is 9.58. The van der Waals surface area contributed by atoms with Crippen LogP contribution in [0.25, 0.3) is 0 Å². The third kappa shape index (κ3) is 2.37. The van der Waals surface area contributed by atoms with E-state index in [1.165, 1.54) is 12.1 Å². The number of ketones is 1. The lowest BCUT2D eigenvalue weighted by Gasteiger charge is -2.04. The van der Waals surface area contributed by atoms with E-state index >= 15 is 0 Å². The van der Waals surface area contributed by atoms with Gasteiger partial charge in [0.2, 0.25) is 0 Å². The van der Waals surface area contributed by atoms with Crippen LogP contribution in [0.1, 0.15) is 26.3 Å². The van der Waals surface area contributed by atoms with Crippen molar-refractivity contribution in [2.75, 3.05) is 0 Å². The Morgan fingerprint density at radius 1 is 1.11 bits per heavy atom. The fraction of sp³-hybridized carbons (Fsp3) is 0. The number of carboxylic acids is 1. The van der Waals surface area contributed by atoms with Gasteiger partial charge in [-0.05, 0) is 18.2 Å². The maximum Gasteiger partial charge on any atom is 0.341 e. The van der Waals surface area contributed by atoms with Gasteiger partial charge in [-0.15, -0.1) is 0 Å². The molecule has 0 aliphatic heterocycles. The largest absolute Gasteiger partial charge is 0.507 e. The number of aromatic nitrogens is 1. The van der Waals surface area contributed by atoms with Crippen molar-refractivity contribution in [1.82, 2.24) is 4.98 Å². The number of hydrogen-bond acceptors (Lipinski definition) is 4. The number of pyridine rings is 1. The average Bonchev–Trinajstić information content (AvgIpc) is 2.38. The summed E-state index contributed by atoms with van der Waals surface area (Å²) in [6.45, 7) is 0. The summed E-state index contributed by atoms with van der Waals surface area (Å²) in [4.78, 5) is 36.3. The highest BCUT2D eigenvalue weighted by Crippen LogP contribution is 2.19. The fourth-order valence-corrected chi connectivity index (χ4v) is 1.59. The van der Waals surface area contributed by atoms with Crippen molar-refractivity contribution in [1.29, 1.82) is 0 Å². The summed E-state index contributed by atoms with van der Waals surface area (Å²) in [5, 5.41) is 18.4. The van der Waals surface area contributed by atoms with Crippen molar-refractivity contribution in [2.45, 2.75) is 0 Å². The Morgan fingerprint density at radius 2 is 1.79 bits per heavy atom. The van der Waals surface area contributed by atoms with E-state index in [1.54, 1.807) is 12.1 Å². The fourth-order valence-electron chi connectivity index (χ4n) is 1.59. The van der Waals surface area contributed by atoms with Crippen molar-refractivity contribution in [2.24, 2.45) is 0 Å². The van der Waals surface area contributed by atoms with Crippen molar-refractivity contribution < 1.29 is 19.8 Å². The summed E-state index contributed by atoms with van der Waals surface area (Å²) >= 11 is 0. The molecule has 0 saturated heterocycles. The van der Waals surface area contributed by atoms with Crippen LogP contribution in [0.15, 0.2) is 41.3 Å². The molecular weight excluding hydrogens is 250 g/mol. The Balaban J connectivity index is 2.52. The maximum atomic E-state index is 12.1. The lowest BCUT2D eigenvalue weighted by Crippen LogP contribution is -2.19. The van der Waals surface area contributed by atoms with Crippen molar-refractivity contribution >= 4 is 11.8 Å². The van der Waals surface area contributed by atoms with Crippen molar-refractivity contribution in [3.63, 3.8) is 0 Å². The molecule has 0 amide bonds. The van der Waals surface area contributed by atoms with Gasteiger partial charge in [0.1, 0.15) is 11.3 Å². The van der Waals surface area contributed by atoms with Crippen molar-refractivity contribution in [3.05, 3.63) is 63.6 Å². The van der Waals surface area contributed by atoms with Gasteiger partial charge in [-0.3, -0.25) is 9.59 Å². The number of carbonyl (C=O) groups is 2. The Labute approximate surface area is 107 Å². The summed E-state index contributed by atoms with van der Waals surface area (Å²) in [7, 11) is 0. The van der Waals surface area contributed by atoms with Crippen LogP contribution >= 0.6 is 0 Å². The summed E-state index contributed by atoms with van der Waals surface area (Å²) in [6, 6.07) is 6.86. The molecule has 6 heteroatoms. The molecule has 0 spiro atoms. The Hall–Kier alpha value is -2.89. The molecule has 2 rings (SSSR count). The normalized spacial score (nSPS) is 10.1. The number of H-pyrrole nitrogens is 1. The van der Waals surface area contributed by atoms with Gasteiger partial charge in [0.05, 0.1) is 5.56 Å². The summed E-state index contributed by atoms with van der Waals surface area (Å²) in [5.74, 6) is -2.21. The van der Waals surface area contributed by atoms with Crippen LogP contribution in [0.5, 0.6) is 5.75 Å². The van der Waals surface area contributed by atoms with Gasteiger partial charge in [0, 0.05) is 11.8 Å². The molecule has 0 bridgehead atoms. The summed E-state index contributed by atoms with van der Waals surface area (Å²) in [5.41, 5.74) is -1.30. The number of hydrogen-bond donors (Lipinski definition) is 3. The van der Waals surface area contributed by atoms with Gasteiger partial charge in [0.25, 0.3) is 5.56 Å². The van der Waals surface area contributed by atoms with E-state index in [2.05, 4.69) is 4.98 Å². The third-order valence-electron chi connectivity index (χ3n) is 2.54. The molecule has 0 radical (unpaired) electrons. The van der Waals surface area contributed by atoms with Crippen LogP contribution in [0.4, 0.5) is 0 Å². The molecule has 6 nitrogen and oxygen atoms in total. The van der Waals surface area contributed by atoms with E-state index in [9.17, 15) is 19.5 Å². The Bertz CT molecular complexity index is 717. The second-order valence-corrected chi connectivity index (χ2v) is 3.78. The van der Waals surface area contributed by atoms with E-state index in [4.69, 9.17) is 5.11 Å². The number of phenols is 1. The van der Waals surface area contributed by atoms with Crippen LogP contribution in [0.3, 0.4) is 0 Å². The SMILES string of the molecule is O=C(c1c[nH]c(=O)c(C(=O)O)c1)c1ccccc1O. The number of aromatic hydroxyl groups is 1. The molecule has 0 fully saturated rings. The lowest BCUT2D eigenvalue weighted by atomic mass is 10.0. The van der Waals surface area contributed by atoms with Crippen LogP contribution in [0, 0.1) is 0 Å². The van der Waals surface area contributed by atoms with E-state index in [0.29, 0.717) is 0 Å². The second-order valence-electron chi connectivity index (χ2n) is 3.78. The number of para-hydroxylation sites is 1. The van der Waals surface area contributed by atoms with E-state index in [-0.39, 0.29) is 16.9 Å². The minimum atomic E-state index is -1.42. The van der Waals surface area contributed by atoms with Crippen LogP contribution in [-0.2, 0) is 0 Å². The topological polar surface area (TPSA) is 107 Å². The van der Waals surface area contributed by atoms with E-state index in [1.807, 2.05) is 0 Å². The van der Waals surface area contributed by atoms with Crippen LogP contribution < -0.4 is 5.56 Å². The maximum absolute atomic E-state index is 12.1. The minimum absolute atomic E-state index is 0.0153. The molecule has 0 aliphatic rings. The first kappa shape index (κ1) is 12.6. The first-order valence-electron chi connectivity index (χ1n) is 5.29. The minimum Gasteiger partial charge on any atom is -0.507 e. The second kappa shape index (κ2) is 4.77. The predicted molar refractivity (Wildman–Crippen MR) is 65.6 cm³/mol. The van der Waals surface area contributed by atoms with Crippen molar-refractivity contribution in [3.8, 4) is 5.75 Å². The first-order valence-corrected chi connectivity index (χ1v) is 5.29. The van der Waals surface area contributed by atoms with Gasteiger partial charge >= 0.3 is 5.97 Å². The number of carboxylic acid groups (broad SMARTS) is 1. The molecule has 19 heavy (non-hydrogen) atoms. The molecule has 3 N–H and O–H groups in total. The number of aromatic amines is 1. The molecule has 1 heterocycles. The standard InChI is InChI=1S/C13H9NO5/c15-10-4-2-1-3-8(10)11(16)7-5-9(13(18)19)12(17)14-6-7/h1-6,15H,(H,14,17)(H,18,19). The third-order valence-corrected chi connectivity index (χ3v) is 2.54. The number of benzene rings is 1. The molecular formula is C13H9NO5. The van der Waals surface area contributed by atoms with Gasteiger partial charge < -0.3 is 15.2 Å². The van der Waals surface area contributed by atoms with E-state index in [0.717, 1.165) is 12.3 Å². The van der Waals surface area contributed by atoms with Crippen LogP contribution in [-0.4, -0.2) is 26.9 Å². The number of nitrogens with one attached hydrogen (secondary N) is 1. The van der Waals surface area contributed by atoms with Gasteiger partial charge in [-0.1, -0.05) is 12.1 Å². The molecule has 2 aromatic rings. The smallest absolute Gasteiger partial charge is 0.341 e. The van der Waals surface area contributed by atoms with Crippen LogP contribution in [0.2, 0.25) is 0 Å². The number of carbonyl (C=O) groups excluding carboxylic acids is 1. The number of rotatable bonds is 3. The predicted octanol–water partition coefficient (Wildman–Crippen LogP) is 1.01. The Morgan fingerprint density at radius 3 is 2.42 bits per heavy atom. The zero-order chi connectivity index (χ0) is 14.0.